The second kappa shape index (κ2) is 9.08. The van der Waals surface area contributed by atoms with Crippen LogP contribution in [0.15, 0.2) is 53.3 Å². The number of benzene rings is 1. The first-order valence-electron chi connectivity index (χ1n) is 10.4. The molecule has 31 heavy (non-hydrogen) atoms. The molecule has 0 aliphatic carbocycles. The Balaban J connectivity index is 1.42. The van der Waals surface area contributed by atoms with E-state index < -0.39 is 0 Å². The average Bonchev–Trinajstić information content (AvgIpc) is 2.83. The van der Waals surface area contributed by atoms with Crippen molar-refractivity contribution in [3.8, 4) is 0 Å². The van der Waals surface area contributed by atoms with E-state index in [0.29, 0.717) is 17.8 Å². The van der Waals surface area contributed by atoms with Gasteiger partial charge in [-0.05, 0) is 47.7 Å². The summed E-state index contributed by atoms with van der Waals surface area (Å²) in [6.07, 6.45) is 5.60. The number of aromatic nitrogens is 1. The molecule has 1 amide bonds. The molecule has 2 aliphatic heterocycles. The SMILES string of the molecule is CCC1=Nc2ccc(CN3CC=C(c4ccc(C(=O)NC)nc4)CC3)cc2NC1=C=O. The van der Waals surface area contributed by atoms with E-state index in [1.807, 2.05) is 25.0 Å². The Labute approximate surface area is 181 Å². The molecule has 0 saturated carbocycles. The molecule has 1 aromatic carbocycles. The van der Waals surface area contributed by atoms with Crippen LogP contribution >= 0.6 is 0 Å². The molecule has 2 aromatic rings. The third kappa shape index (κ3) is 4.48. The number of allylic oxidation sites excluding steroid dienone is 1. The highest BCUT2D eigenvalue weighted by Crippen LogP contribution is 2.32. The van der Waals surface area contributed by atoms with Gasteiger partial charge in [-0.3, -0.25) is 14.7 Å². The summed E-state index contributed by atoms with van der Waals surface area (Å²) in [7, 11) is 1.60. The van der Waals surface area contributed by atoms with Gasteiger partial charge in [0, 0.05) is 32.9 Å². The Bertz CT molecular complexity index is 1110. The van der Waals surface area contributed by atoms with Crippen molar-refractivity contribution >= 4 is 34.5 Å². The molecule has 0 bridgehead atoms. The fourth-order valence-electron chi connectivity index (χ4n) is 3.85. The van der Waals surface area contributed by atoms with E-state index in [1.165, 1.54) is 11.1 Å². The van der Waals surface area contributed by atoms with Crippen LogP contribution in [0, 0.1) is 0 Å². The van der Waals surface area contributed by atoms with Crippen LogP contribution in [0.4, 0.5) is 11.4 Å². The average molecular weight is 415 g/mol. The molecule has 0 fully saturated rings. The van der Waals surface area contributed by atoms with E-state index in [4.69, 9.17) is 0 Å². The van der Waals surface area contributed by atoms with Gasteiger partial charge in [-0.15, -0.1) is 0 Å². The van der Waals surface area contributed by atoms with Gasteiger partial charge in [0.2, 0.25) is 0 Å². The molecule has 0 saturated heterocycles. The van der Waals surface area contributed by atoms with Crippen LogP contribution < -0.4 is 10.6 Å². The number of fused-ring (bicyclic) bond motifs is 1. The Kier molecular flexibility index (Phi) is 6.07. The van der Waals surface area contributed by atoms with Gasteiger partial charge in [0.25, 0.3) is 5.91 Å². The summed E-state index contributed by atoms with van der Waals surface area (Å²) in [5.74, 6) is 1.78. The smallest absolute Gasteiger partial charge is 0.269 e. The Hall–Kier alpha value is -3.54. The van der Waals surface area contributed by atoms with Gasteiger partial charge in [0.15, 0.2) is 5.94 Å². The lowest BCUT2D eigenvalue weighted by Crippen LogP contribution is -2.28. The molecule has 0 unspecified atom stereocenters. The monoisotopic (exact) mass is 415 g/mol. The number of aliphatic imine (C=N–C) groups is 1. The molecule has 0 spiro atoms. The Morgan fingerprint density at radius 1 is 1.29 bits per heavy atom. The zero-order valence-electron chi connectivity index (χ0n) is 17.7. The largest absolute Gasteiger partial charge is 0.354 e. The molecule has 4 rings (SSSR count). The van der Waals surface area contributed by atoms with Gasteiger partial charge in [-0.2, -0.15) is 0 Å². The van der Waals surface area contributed by atoms with Crippen molar-refractivity contribution in [3.63, 3.8) is 0 Å². The fourth-order valence-corrected chi connectivity index (χ4v) is 3.85. The van der Waals surface area contributed by atoms with E-state index >= 15 is 0 Å². The first-order valence-corrected chi connectivity index (χ1v) is 10.4. The van der Waals surface area contributed by atoms with Gasteiger partial charge in [0.1, 0.15) is 11.4 Å². The lowest BCUT2D eigenvalue weighted by Gasteiger charge is -2.27. The van der Waals surface area contributed by atoms with Crippen molar-refractivity contribution in [2.45, 2.75) is 26.3 Å². The summed E-state index contributed by atoms with van der Waals surface area (Å²) in [6.45, 7) is 4.57. The van der Waals surface area contributed by atoms with Crippen LogP contribution in [0.25, 0.3) is 5.57 Å². The molecule has 7 heteroatoms. The first-order chi connectivity index (χ1) is 15.1. The maximum absolute atomic E-state index is 11.6. The van der Waals surface area contributed by atoms with E-state index in [2.05, 4.69) is 43.7 Å². The lowest BCUT2D eigenvalue weighted by atomic mass is 10.00. The Morgan fingerprint density at radius 3 is 2.81 bits per heavy atom. The summed E-state index contributed by atoms with van der Waals surface area (Å²) in [5.41, 5.74) is 6.77. The number of carbonyl (C=O) groups excluding carboxylic acids is 2. The minimum absolute atomic E-state index is 0.178. The number of hydrogen-bond acceptors (Lipinski definition) is 6. The highest BCUT2D eigenvalue weighted by atomic mass is 16.1. The second-order valence-corrected chi connectivity index (χ2v) is 7.59. The van der Waals surface area contributed by atoms with Crippen LogP contribution in [0.1, 0.15) is 41.4 Å². The lowest BCUT2D eigenvalue weighted by molar-refractivity contribution is 0.0958. The molecule has 7 nitrogen and oxygen atoms in total. The summed E-state index contributed by atoms with van der Waals surface area (Å²) < 4.78 is 0. The van der Waals surface area contributed by atoms with Crippen LogP contribution in [-0.2, 0) is 11.3 Å². The highest BCUT2D eigenvalue weighted by Gasteiger charge is 2.18. The maximum Gasteiger partial charge on any atom is 0.269 e. The summed E-state index contributed by atoms with van der Waals surface area (Å²) in [6, 6.07) is 9.87. The predicted molar refractivity (Wildman–Crippen MR) is 122 cm³/mol. The van der Waals surface area contributed by atoms with Crippen molar-refractivity contribution < 1.29 is 9.59 Å². The van der Waals surface area contributed by atoms with Gasteiger partial charge >= 0.3 is 0 Å². The molecule has 2 aliphatic rings. The van der Waals surface area contributed by atoms with Crippen molar-refractivity contribution in [1.29, 1.82) is 0 Å². The van der Waals surface area contributed by atoms with Gasteiger partial charge in [-0.1, -0.05) is 25.1 Å². The molecule has 3 heterocycles. The van der Waals surface area contributed by atoms with Gasteiger partial charge in [0.05, 0.1) is 17.1 Å². The topological polar surface area (TPSA) is 86.7 Å². The minimum atomic E-state index is -0.178. The highest BCUT2D eigenvalue weighted by molar-refractivity contribution is 6.12. The van der Waals surface area contributed by atoms with Crippen LogP contribution in [-0.4, -0.2) is 47.6 Å². The molecule has 0 radical (unpaired) electrons. The number of hydrogen-bond donors (Lipinski definition) is 2. The maximum atomic E-state index is 11.6. The number of nitrogens with one attached hydrogen (secondary N) is 2. The third-order valence-electron chi connectivity index (χ3n) is 5.59. The Morgan fingerprint density at radius 2 is 2.16 bits per heavy atom. The minimum Gasteiger partial charge on any atom is -0.354 e. The number of pyridine rings is 1. The van der Waals surface area contributed by atoms with E-state index in [-0.39, 0.29) is 5.91 Å². The van der Waals surface area contributed by atoms with Crippen LogP contribution in [0.5, 0.6) is 0 Å². The van der Waals surface area contributed by atoms with Gasteiger partial charge < -0.3 is 10.6 Å². The summed E-state index contributed by atoms with van der Waals surface area (Å²) in [4.78, 5) is 34.1. The van der Waals surface area contributed by atoms with Crippen molar-refractivity contribution in [2.75, 3.05) is 25.5 Å². The standard InChI is InChI=1S/C24H25N5O2/c1-3-19-23(15-30)28-22-12-16(4-6-20(22)27-19)14-29-10-8-17(9-11-29)18-5-7-21(26-13-18)24(31)25-2/h4-8,12-13,28H,3,9-11,14H2,1-2H3,(H,25,31). The molecule has 158 valence electrons. The molecule has 1 aromatic heterocycles. The predicted octanol–water partition coefficient (Wildman–Crippen LogP) is 3.35. The number of rotatable bonds is 5. The van der Waals surface area contributed by atoms with Crippen LogP contribution in [0.3, 0.4) is 0 Å². The molecular weight excluding hydrogens is 390 g/mol. The number of anilines is 1. The van der Waals surface area contributed by atoms with Crippen LogP contribution in [0.2, 0.25) is 0 Å². The molecule has 2 N–H and O–H groups in total. The van der Waals surface area contributed by atoms with E-state index in [0.717, 1.165) is 48.7 Å². The zero-order valence-corrected chi connectivity index (χ0v) is 17.7. The van der Waals surface area contributed by atoms with Crippen molar-refractivity contribution in [1.82, 2.24) is 15.2 Å². The molecule has 0 atom stereocenters. The third-order valence-corrected chi connectivity index (χ3v) is 5.59. The second-order valence-electron chi connectivity index (χ2n) is 7.59. The van der Waals surface area contributed by atoms with Gasteiger partial charge in [-0.25, -0.2) is 9.79 Å². The first kappa shape index (κ1) is 20.7. The van der Waals surface area contributed by atoms with E-state index in [9.17, 15) is 9.59 Å². The fraction of sp³-hybridized carbons (Fsp3) is 0.292. The molecular formula is C24H25N5O2. The zero-order chi connectivity index (χ0) is 21.8. The normalized spacial score (nSPS) is 15.9. The summed E-state index contributed by atoms with van der Waals surface area (Å²) >= 11 is 0. The quantitative estimate of drug-likeness (QED) is 0.732. The number of carbonyl (C=O) groups is 1. The van der Waals surface area contributed by atoms with Crippen molar-refractivity contribution in [2.24, 2.45) is 4.99 Å². The number of amides is 1. The summed E-state index contributed by atoms with van der Waals surface area (Å²) in [5, 5.41) is 5.75. The number of nitrogens with zero attached hydrogens (tertiary/aromatic N) is 3. The van der Waals surface area contributed by atoms with Crippen molar-refractivity contribution in [3.05, 3.63) is 65.1 Å². The van der Waals surface area contributed by atoms with E-state index in [1.54, 1.807) is 19.3 Å².